The fourth-order valence-corrected chi connectivity index (χ4v) is 3.29. The Kier molecular flexibility index (Phi) is 4.02. The lowest BCUT2D eigenvalue weighted by Gasteiger charge is -2.07. The minimum atomic E-state index is -3.72. The van der Waals surface area contributed by atoms with Crippen LogP contribution in [0, 0.1) is 0 Å². The fourth-order valence-electron chi connectivity index (χ4n) is 2.77. The number of imidazole rings is 1. The summed E-state index contributed by atoms with van der Waals surface area (Å²) in [5.41, 5.74) is 3.42. The van der Waals surface area contributed by atoms with Crippen molar-refractivity contribution in [2.75, 3.05) is 0 Å². The minimum absolute atomic E-state index is 0.0578. The number of rotatable bonds is 4. The van der Waals surface area contributed by atoms with Crippen molar-refractivity contribution in [1.82, 2.24) is 14.5 Å². The number of hydrogen-bond donors (Lipinski definition) is 3. The topological polar surface area (TPSA) is 126 Å². The number of primary sulfonamides is 1. The van der Waals surface area contributed by atoms with E-state index in [0.29, 0.717) is 11.2 Å². The summed E-state index contributed by atoms with van der Waals surface area (Å²) in [6.07, 6.45) is 3.54. The SMILES string of the molecule is NS(=O)(=O)c1ccc(-n2cccc2C=Nc2ccc3[nH]c(=O)[nH]c3c2)cc1. The van der Waals surface area contributed by atoms with E-state index in [1.807, 2.05) is 22.9 Å². The van der Waals surface area contributed by atoms with Crippen molar-refractivity contribution in [1.29, 1.82) is 0 Å². The third kappa shape index (κ3) is 3.46. The maximum absolute atomic E-state index is 11.4. The van der Waals surface area contributed by atoms with Gasteiger partial charge in [0.15, 0.2) is 0 Å². The van der Waals surface area contributed by atoms with E-state index in [0.717, 1.165) is 16.9 Å². The number of aromatic nitrogens is 3. The van der Waals surface area contributed by atoms with Crippen LogP contribution in [-0.4, -0.2) is 29.2 Å². The molecule has 27 heavy (non-hydrogen) atoms. The molecule has 0 aliphatic rings. The zero-order chi connectivity index (χ0) is 19.0. The van der Waals surface area contributed by atoms with Crippen LogP contribution in [0.25, 0.3) is 16.7 Å². The molecule has 0 spiro atoms. The number of fused-ring (bicyclic) bond motifs is 1. The summed E-state index contributed by atoms with van der Waals surface area (Å²) in [4.78, 5) is 21.2. The zero-order valence-corrected chi connectivity index (χ0v) is 14.8. The van der Waals surface area contributed by atoms with Crippen LogP contribution in [0.4, 0.5) is 5.69 Å². The van der Waals surface area contributed by atoms with Crippen LogP contribution in [0.5, 0.6) is 0 Å². The summed E-state index contributed by atoms with van der Waals surface area (Å²) in [5, 5.41) is 5.13. The summed E-state index contributed by atoms with van der Waals surface area (Å²) in [5.74, 6) is 0. The lowest BCUT2D eigenvalue weighted by atomic mass is 10.3. The van der Waals surface area contributed by atoms with Crippen molar-refractivity contribution in [3.05, 3.63) is 77.0 Å². The van der Waals surface area contributed by atoms with Gasteiger partial charge in [-0.15, -0.1) is 0 Å². The van der Waals surface area contributed by atoms with Gasteiger partial charge in [-0.3, -0.25) is 4.99 Å². The number of nitrogens with one attached hydrogen (secondary N) is 2. The predicted molar refractivity (Wildman–Crippen MR) is 103 cm³/mol. The number of H-pyrrole nitrogens is 2. The fraction of sp³-hybridized carbons (Fsp3) is 0. The average Bonchev–Trinajstić information content (AvgIpc) is 3.24. The molecule has 0 aliphatic heterocycles. The number of aromatic amines is 2. The van der Waals surface area contributed by atoms with E-state index in [-0.39, 0.29) is 10.6 Å². The quantitative estimate of drug-likeness (QED) is 0.468. The van der Waals surface area contributed by atoms with Crippen LogP contribution in [0.3, 0.4) is 0 Å². The van der Waals surface area contributed by atoms with E-state index >= 15 is 0 Å². The third-order valence-corrected chi connectivity index (χ3v) is 5.00. The molecule has 0 atom stereocenters. The number of nitrogens with two attached hydrogens (primary N) is 1. The number of hydrogen-bond acceptors (Lipinski definition) is 4. The molecule has 2 aromatic carbocycles. The van der Waals surface area contributed by atoms with E-state index in [1.54, 1.807) is 36.5 Å². The van der Waals surface area contributed by atoms with Crippen LogP contribution in [0.1, 0.15) is 5.69 Å². The highest BCUT2D eigenvalue weighted by Crippen LogP contribution is 2.19. The normalized spacial score (nSPS) is 12.2. The van der Waals surface area contributed by atoms with Crippen molar-refractivity contribution >= 4 is 33.0 Å². The highest BCUT2D eigenvalue weighted by atomic mass is 32.2. The molecule has 0 saturated carbocycles. The summed E-state index contributed by atoms with van der Waals surface area (Å²) in [6, 6.07) is 15.4. The Bertz CT molecular complexity index is 1310. The Labute approximate surface area is 154 Å². The molecule has 4 rings (SSSR count). The molecule has 2 aromatic heterocycles. The van der Waals surface area contributed by atoms with E-state index in [4.69, 9.17) is 5.14 Å². The van der Waals surface area contributed by atoms with Crippen LogP contribution < -0.4 is 10.8 Å². The maximum Gasteiger partial charge on any atom is 0.323 e. The first-order valence-corrected chi connectivity index (χ1v) is 9.51. The van der Waals surface area contributed by atoms with Crippen LogP contribution in [0.15, 0.2) is 75.5 Å². The van der Waals surface area contributed by atoms with E-state index in [9.17, 15) is 13.2 Å². The molecular formula is C18H15N5O3S. The second-order valence-electron chi connectivity index (χ2n) is 5.91. The first kappa shape index (κ1) is 17.0. The molecule has 0 aliphatic carbocycles. The lowest BCUT2D eigenvalue weighted by Crippen LogP contribution is -2.12. The first-order chi connectivity index (χ1) is 12.9. The molecule has 0 bridgehead atoms. The number of aliphatic imine (C=N–C) groups is 1. The Hall–Kier alpha value is -3.43. The molecule has 0 saturated heterocycles. The maximum atomic E-state index is 11.4. The van der Waals surface area contributed by atoms with Gasteiger partial charge in [0.25, 0.3) is 0 Å². The molecular weight excluding hydrogens is 366 g/mol. The van der Waals surface area contributed by atoms with Crippen molar-refractivity contribution in [2.24, 2.45) is 10.1 Å². The number of nitrogens with zero attached hydrogens (tertiary/aromatic N) is 2. The molecule has 0 fully saturated rings. The number of sulfonamides is 1. The first-order valence-electron chi connectivity index (χ1n) is 7.97. The third-order valence-electron chi connectivity index (χ3n) is 4.07. The predicted octanol–water partition coefficient (Wildman–Crippen LogP) is 2.04. The summed E-state index contributed by atoms with van der Waals surface area (Å²) in [6.45, 7) is 0. The van der Waals surface area contributed by atoms with Gasteiger partial charge in [0.2, 0.25) is 10.0 Å². The molecule has 4 N–H and O–H groups in total. The minimum Gasteiger partial charge on any atom is -0.316 e. The summed E-state index contributed by atoms with van der Waals surface area (Å²) < 4.78 is 24.6. The highest BCUT2D eigenvalue weighted by molar-refractivity contribution is 7.89. The molecule has 2 heterocycles. The van der Waals surface area contributed by atoms with Gasteiger partial charge < -0.3 is 14.5 Å². The van der Waals surface area contributed by atoms with Crippen LogP contribution >= 0.6 is 0 Å². The van der Waals surface area contributed by atoms with E-state index in [2.05, 4.69) is 15.0 Å². The summed E-state index contributed by atoms with van der Waals surface area (Å²) >= 11 is 0. The van der Waals surface area contributed by atoms with Crippen molar-refractivity contribution in [2.45, 2.75) is 4.90 Å². The molecule has 0 unspecified atom stereocenters. The van der Waals surface area contributed by atoms with Gasteiger partial charge in [-0.1, -0.05) is 0 Å². The summed E-state index contributed by atoms with van der Waals surface area (Å²) in [7, 11) is -3.72. The highest BCUT2D eigenvalue weighted by Gasteiger charge is 2.08. The van der Waals surface area contributed by atoms with E-state index < -0.39 is 10.0 Å². The molecule has 8 nitrogen and oxygen atoms in total. The molecule has 136 valence electrons. The van der Waals surface area contributed by atoms with Gasteiger partial charge in [0.05, 0.1) is 33.5 Å². The van der Waals surface area contributed by atoms with Gasteiger partial charge >= 0.3 is 5.69 Å². The van der Waals surface area contributed by atoms with Gasteiger partial charge in [0, 0.05) is 11.9 Å². The Balaban J connectivity index is 1.64. The lowest BCUT2D eigenvalue weighted by molar-refractivity contribution is 0.598. The van der Waals surface area contributed by atoms with Gasteiger partial charge in [-0.2, -0.15) is 0 Å². The molecule has 9 heteroatoms. The Morgan fingerprint density at radius 3 is 2.48 bits per heavy atom. The van der Waals surface area contributed by atoms with Crippen molar-refractivity contribution < 1.29 is 8.42 Å². The molecule has 4 aromatic rings. The number of benzene rings is 2. The van der Waals surface area contributed by atoms with Gasteiger partial charge in [-0.05, 0) is 54.6 Å². The van der Waals surface area contributed by atoms with Gasteiger partial charge in [-0.25, -0.2) is 18.4 Å². The van der Waals surface area contributed by atoms with Crippen LogP contribution in [-0.2, 0) is 10.0 Å². The van der Waals surface area contributed by atoms with Gasteiger partial charge in [0.1, 0.15) is 0 Å². The average molecular weight is 381 g/mol. The zero-order valence-electron chi connectivity index (χ0n) is 14.0. The second kappa shape index (κ2) is 6.38. The van der Waals surface area contributed by atoms with Crippen molar-refractivity contribution in [3.8, 4) is 5.69 Å². The van der Waals surface area contributed by atoms with Crippen LogP contribution in [0.2, 0.25) is 0 Å². The van der Waals surface area contributed by atoms with E-state index in [1.165, 1.54) is 12.1 Å². The standard InChI is InChI=1S/C18H15N5O3S/c19-27(25,26)15-6-4-13(5-7-15)23-9-1-2-14(23)11-20-12-3-8-16-17(10-12)22-18(24)21-16/h1-11H,(H2,19,25,26)(H2,21,22,24). The molecule has 0 radical (unpaired) electrons. The monoisotopic (exact) mass is 381 g/mol. The Morgan fingerprint density at radius 2 is 1.74 bits per heavy atom. The van der Waals surface area contributed by atoms with Crippen molar-refractivity contribution in [3.63, 3.8) is 0 Å². The Morgan fingerprint density at radius 1 is 1.00 bits per heavy atom. The molecule has 0 amide bonds. The second-order valence-corrected chi connectivity index (χ2v) is 7.47. The smallest absolute Gasteiger partial charge is 0.316 e. The largest absolute Gasteiger partial charge is 0.323 e.